The third-order valence-corrected chi connectivity index (χ3v) is 7.56. The third-order valence-electron chi connectivity index (χ3n) is 5.33. The second-order valence-electron chi connectivity index (χ2n) is 8.66. The Bertz CT molecular complexity index is 1090. The summed E-state index contributed by atoms with van der Waals surface area (Å²) in [4.78, 5) is 23.9. The van der Waals surface area contributed by atoms with Gasteiger partial charge in [-0.25, -0.2) is 0 Å². The summed E-state index contributed by atoms with van der Waals surface area (Å²) in [5.41, 5.74) is 2.52. The first-order valence-corrected chi connectivity index (χ1v) is 13.9. The SMILES string of the molecule is C[Si](C)(C)/C(=C\c1ccccc1)C(CC(=O)c1cccc([N+](=O)[O-])c1)c1ccccc1. The number of Topliss-reactive ketones (excluding diaryl/α,β-unsaturated/α-hetero) is 1. The molecule has 0 radical (unpaired) electrons. The molecule has 5 heteroatoms. The van der Waals surface area contributed by atoms with E-state index in [1.807, 2.05) is 36.4 Å². The highest BCUT2D eigenvalue weighted by molar-refractivity contribution is 6.84. The van der Waals surface area contributed by atoms with Crippen LogP contribution in [0, 0.1) is 10.1 Å². The largest absolute Gasteiger partial charge is 0.294 e. The molecule has 0 bridgehead atoms. The molecular formula is C26H27NO3Si. The summed E-state index contributed by atoms with van der Waals surface area (Å²) >= 11 is 0. The number of hydrogen-bond donors (Lipinski definition) is 0. The van der Waals surface area contributed by atoms with E-state index in [9.17, 15) is 14.9 Å². The van der Waals surface area contributed by atoms with Crippen molar-refractivity contribution < 1.29 is 9.72 Å². The number of nitro benzene ring substituents is 1. The molecule has 0 aliphatic rings. The van der Waals surface area contributed by atoms with E-state index in [0.717, 1.165) is 11.1 Å². The summed E-state index contributed by atoms with van der Waals surface area (Å²) in [7, 11) is -1.81. The van der Waals surface area contributed by atoms with Crippen molar-refractivity contribution in [2.75, 3.05) is 0 Å². The molecule has 1 atom stereocenters. The maximum absolute atomic E-state index is 13.3. The summed E-state index contributed by atoms with van der Waals surface area (Å²) in [5, 5.41) is 12.4. The van der Waals surface area contributed by atoms with E-state index in [4.69, 9.17) is 0 Å². The zero-order valence-electron chi connectivity index (χ0n) is 18.1. The molecule has 0 saturated carbocycles. The summed E-state index contributed by atoms with van der Waals surface area (Å²) in [6, 6.07) is 26.3. The van der Waals surface area contributed by atoms with Gasteiger partial charge in [-0.3, -0.25) is 14.9 Å². The molecule has 0 heterocycles. The normalized spacial score (nSPS) is 12.9. The van der Waals surface area contributed by atoms with Gasteiger partial charge in [0.1, 0.15) is 0 Å². The van der Waals surface area contributed by atoms with Crippen LogP contribution in [0.15, 0.2) is 90.1 Å². The lowest BCUT2D eigenvalue weighted by Crippen LogP contribution is -2.29. The number of non-ortho nitro benzene ring substituents is 1. The van der Waals surface area contributed by atoms with Gasteiger partial charge in [-0.05, 0) is 11.1 Å². The van der Waals surface area contributed by atoms with Crippen LogP contribution in [0.2, 0.25) is 19.6 Å². The van der Waals surface area contributed by atoms with Crippen molar-refractivity contribution in [1.82, 2.24) is 0 Å². The highest BCUT2D eigenvalue weighted by atomic mass is 28.3. The Kier molecular flexibility index (Phi) is 6.97. The van der Waals surface area contributed by atoms with E-state index in [1.54, 1.807) is 12.1 Å². The molecule has 0 fully saturated rings. The molecule has 158 valence electrons. The van der Waals surface area contributed by atoms with E-state index in [1.165, 1.54) is 17.3 Å². The van der Waals surface area contributed by atoms with E-state index < -0.39 is 13.0 Å². The molecule has 31 heavy (non-hydrogen) atoms. The monoisotopic (exact) mass is 429 g/mol. The molecule has 0 saturated heterocycles. The Morgan fingerprint density at radius 3 is 2.13 bits per heavy atom. The number of rotatable bonds is 8. The quantitative estimate of drug-likeness (QED) is 0.169. The van der Waals surface area contributed by atoms with Gasteiger partial charge in [-0.2, -0.15) is 0 Å². The van der Waals surface area contributed by atoms with Gasteiger partial charge < -0.3 is 0 Å². The predicted molar refractivity (Wildman–Crippen MR) is 129 cm³/mol. The van der Waals surface area contributed by atoms with Gasteiger partial charge in [0.05, 0.1) is 13.0 Å². The summed E-state index contributed by atoms with van der Waals surface area (Å²) < 4.78 is 0. The van der Waals surface area contributed by atoms with E-state index >= 15 is 0 Å². The predicted octanol–water partition coefficient (Wildman–Crippen LogP) is 6.91. The van der Waals surface area contributed by atoms with Crippen LogP contribution in [0.3, 0.4) is 0 Å². The molecule has 0 N–H and O–H groups in total. The van der Waals surface area contributed by atoms with Crippen LogP contribution in [0.25, 0.3) is 6.08 Å². The molecule has 1 unspecified atom stereocenters. The minimum absolute atomic E-state index is 0.0626. The standard InChI is InChI=1S/C26H27NO3Si/c1-31(2,3)26(17-20-11-6-4-7-12-20)24(21-13-8-5-9-14-21)19-25(28)22-15-10-16-23(18-22)27(29)30/h4-18,24H,19H2,1-3H3/b26-17-. The van der Waals surface area contributed by atoms with Crippen LogP contribution in [-0.2, 0) is 0 Å². The lowest BCUT2D eigenvalue weighted by molar-refractivity contribution is -0.384. The van der Waals surface area contributed by atoms with Gasteiger partial charge in [0.25, 0.3) is 5.69 Å². The first-order valence-electron chi connectivity index (χ1n) is 10.4. The van der Waals surface area contributed by atoms with Crippen LogP contribution in [0.5, 0.6) is 0 Å². The van der Waals surface area contributed by atoms with Crippen LogP contribution in [-0.4, -0.2) is 18.8 Å². The van der Waals surface area contributed by atoms with E-state index in [-0.39, 0.29) is 23.8 Å². The minimum atomic E-state index is -1.81. The molecular weight excluding hydrogens is 402 g/mol. The number of carbonyl (C=O) groups is 1. The van der Waals surface area contributed by atoms with Gasteiger partial charge in [0, 0.05) is 30.0 Å². The zero-order chi connectivity index (χ0) is 22.4. The maximum atomic E-state index is 13.3. The first-order chi connectivity index (χ1) is 14.8. The van der Waals surface area contributed by atoms with Crippen LogP contribution in [0.1, 0.15) is 33.8 Å². The summed E-state index contributed by atoms with van der Waals surface area (Å²) in [5.74, 6) is -0.172. The molecule has 3 aromatic rings. The van der Waals surface area contributed by atoms with Crippen molar-refractivity contribution in [3.05, 3.63) is 117 Å². The fraction of sp³-hybridized carbons (Fsp3) is 0.192. The average molecular weight is 430 g/mol. The second kappa shape index (κ2) is 9.66. The molecule has 0 amide bonds. The van der Waals surface area contributed by atoms with E-state index in [2.05, 4.69) is 50.0 Å². The van der Waals surface area contributed by atoms with Crippen molar-refractivity contribution in [2.45, 2.75) is 32.0 Å². The van der Waals surface area contributed by atoms with Crippen molar-refractivity contribution in [1.29, 1.82) is 0 Å². The number of nitro groups is 1. The lowest BCUT2D eigenvalue weighted by Gasteiger charge is -2.30. The Hall–Kier alpha value is -3.31. The van der Waals surface area contributed by atoms with Gasteiger partial charge >= 0.3 is 0 Å². The van der Waals surface area contributed by atoms with E-state index in [0.29, 0.717) is 5.56 Å². The van der Waals surface area contributed by atoms with Crippen LogP contribution < -0.4 is 0 Å². The Morgan fingerprint density at radius 1 is 0.935 bits per heavy atom. The topological polar surface area (TPSA) is 60.2 Å². The number of hydrogen-bond acceptors (Lipinski definition) is 3. The molecule has 0 aromatic heterocycles. The van der Waals surface area contributed by atoms with Gasteiger partial charge in [0.15, 0.2) is 5.78 Å². The molecule has 4 nitrogen and oxygen atoms in total. The second-order valence-corrected chi connectivity index (χ2v) is 13.7. The summed E-state index contributed by atoms with van der Waals surface area (Å²) in [6.45, 7) is 6.86. The van der Waals surface area contributed by atoms with Crippen molar-refractivity contribution in [3.63, 3.8) is 0 Å². The van der Waals surface area contributed by atoms with Gasteiger partial charge in [-0.1, -0.05) is 104 Å². The highest BCUT2D eigenvalue weighted by Crippen LogP contribution is 2.36. The number of benzene rings is 3. The van der Waals surface area contributed by atoms with Crippen molar-refractivity contribution >= 4 is 25.6 Å². The zero-order valence-corrected chi connectivity index (χ0v) is 19.1. The fourth-order valence-corrected chi connectivity index (χ4v) is 5.67. The molecule has 3 rings (SSSR count). The van der Waals surface area contributed by atoms with Gasteiger partial charge in [0.2, 0.25) is 0 Å². The fourth-order valence-electron chi connectivity index (χ4n) is 3.76. The minimum Gasteiger partial charge on any atom is -0.294 e. The maximum Gasteiger partial charge on any atom is 0.270 e. The van der Waals surface area contributed by atoms with Crippen molar-refractivity contribution in [2.24, 2.45) is 0 Å². The smallest absolute Gasteiger partial charge is 0.270 e. The Balaban J connectivity index is 2.05. The molecule has 3 aromatic carbocycles. The number of allylic oxidation sites excluding steroid dienone is 1. The third kappa shape index (κ3) is 5.86. The molecule has 0 aliphatic heterocycles. The molecule has 0 aliphatic carbocycles. The Morgan fingerprint density at radius 2 is 1.55 bits per heavy atom. The van der Waals surface area contributed by atoms with Gasteiger partial charge in [-0.15, -0.1) is 0 Å². The van der Waals surface area contributed by atoms with Crippen LogP contribution in [0.4, 0.5) is 5.69 Å². The highest BCUT2D eigenvalue weighted by Gasteiger charge is 2.30. The number of nitrogens with zero attached hydrogens (tertiary/aromatic N) is 1. The summed E-state index contributed by atoms with van der Waals surface area (Å²) in [6.07, 6.45) is 2.50. The average Bonchev–Trinajstić information content (AvgIpc) is 2.76. The molecule has 0 spiro atoms. The number of carbonyl (C=O) groups excluding carboxylic acids is 1. The Labute approximate surface area is 184 Å². The lowest BCUT2D eigenvalue weighted by atomic mass is 9.90. The first kappa shape index (κ1) is 22.4. The van der Waals surface area contributed by atoms with Crippen molar-refractivity contribution in [3.8, 4) is 0 Å². The van der Waals surface area contributed by atoms with Crippen LogP contribution >= 0.6 is 0 Å². The number of ketones is 1.